The maximum absolute atomic E-state index is 15.0. The summed E-state index contributed by atoms with van der Waals surface area (Å²) >= 11 is 0. The molecule has 0 N–H and O–H groups in total. The molecule has 2 aliphatic rings. The van der Waals surface area contributed by atoms with Crippen LogP contribution in [0.3, 0.4) is 0 Å². The van der Waals surface area contributed by atoms with Gasteiger partial charge in [-0.1, -0.05) is 68.0 Å². The maximum Gasteiger partial charge on any atom is 0.263 e. The third-order valence-corrected chi connectivity index (χ3v) is 12.8. The summed E-state index contributed by atoms with van der Waals surface area (Å²) in [5, 5.41) is 2.05. The SMILES string of the molecule is C/C=C(/N=CCCC)c1cc(-c2ccc3c(c2)c2ccc4c5c2n3C(=O)c2ccccc2C5c2ccc(-c3cc(-c5ncccn5)cc(-c5ncccn5)c3)cc2-4)cc(-c2ncccn2)c1. The molecule has 0 fully saturated rings. The molecule has 0 saturated heterocycles. The number of benzene rings is 6. The molecule has 0 spiro atoms. The van der Waals surface area contributed by atoms with Crippen molar-refractivity contribution >= 4 is 39.6 Å². The highest BCUT2D eigenvalue weighted by atomic mass is 16.2. The predicted octanol–water partition coefficient (Wildman–Crippen LogP) is 12.9. The Kier molecular flexibility index (Phi) is 9.41. The maximum atomic E-state index is 15.0. The minimum absolute atomic E-state index is 0.0249. The normalized spacial score (nSPS) is 13.9. The third-order valence-electron chi connectivity index (χ3n) is 12.8. The molecule has 0 bridgehead atoms. The lowest BCUT2D eigenvalue weighted by Crippen LogP contribution is -2.12. The summed E-state index contributed by atoms with van der Waals surface area (Å²) in [7, 11) is 0. The molecule has 10 aromatic rings. The van der Waals surface area contributed by atoms with Crippen molar-refractivity contribution in [2.45, 2.75) is 32.6 Å². The van der Waals surface area contributed by atoms with Crippen LogP contribution in [0.5, 0.6) is 0 Å². The van der Waals surface area contributed by atoms with Gasteiger partial charge >= 0.3 is 0 Å². The van der Waals surface area contributed by atoms with Gasteiger partial charge in [0.25, 0.3) is 5.91 Å². The zero-order valence-electron chi connectivity index (χ0n) is 36.2. The van der Waals surface area contributed by atoms with Crippen LogP contribution in [0, 0.1) is 0 Å². The van der Waals surface area contributed by atoms with Crippen LogP contribution in [0.25, 0.3) is 95.0 Å². The van der Waals surface area contributed by atoms with E-state index in [0.717, 1.165) is 107 Å². The van der Waals surface area contributed by atoms with Crippen LogP contribution >= 0.6 is 0 Å². The van der Waals surface area contributed by atoms with Crippen LogP contribution < -0.4 is 0 Å². The summed E-state index contributed by atoms with van der Waals surface area (Å²) in [6, 6.07) is 44.0. The van der Waals surface area contributed by atoms with Crippen LogP contribution in [-0.4, -0.2) is 46.6 Å². The van der Waals surface area contributed by atoms with Crippen LogP contribution in [-0.2, 0) is 0 Å². The summed E-state index contributed by atoms with van der Waals surface area (Å²) in [5.74, 6) is 1.73. The summed E-state index contributed by atoms with van der Waals surface area (Å²) in [4.78, 5) is 47.5. The number of fused-ring (bicyclic) bond motifs is 8. The number of unbranched alkanes of at least 4 members (excludes halogenated alkanes) is 1. The third kappa shape index (κ3) is 6.38. The zero-order valence-corrected chi connectivity index (χ0v) is 36.2. The number of carbonyl (C=O) groups excluding carboxylic acids is 1. The Morgan fingerprint density at radius 1 is 0.561 bits per heavy atom. The average Bonchev–Trinajstić information content (AvgIpc) is 3.86. The van der Waals surface area contributed by atoms with Crippen LogP contribution in [0.15, 0.2) is 176 Å². The summed E-state index contributed by atoms with van der Waals surface area (Å²) in [5.41, 5.74) is 16.7. The average molecular weight is 853 g/mol. The Labute approximate surface area is 381 Å². The molecule has 9 nitrogen and oxygen atoms in total. The molecule has 1 aliphatic carbocycles. The lowest BCUT2D eigenvalue weighted by Gasteiger charge is -2.16. The van der Waals surface area contributed by atoms with Crippen LogP contribution in [0.1, 0.15) is 65.2 Å². The smallest absolute Gasteiger partial charge is 0.263 e. The van der Waals surface area contributed by atoms with E-state index in [1.807, 2.05) is 66.2 Å². The van der Waals surface area contributed by atoms with E-state index < -0.39 is 0 Å². The zero-order chi connectivity index (χ0) is 44.3. The molecule has 0 amide bonds. The van der Waals surface area contributed by atoms with Crippen molar-refractivity contribution in [3.05, 3.63) is 198 Å². The molecule has 1 atom stereocenters. The highest BCUT2D eigenvalue weighted by Crippen LogP contribution is 2.55. The molecule has 66 heavy (non-hydrogen) atoms. The van der Waals surface area contributed by atoms with Gasteiger partial charge in [0.2, 0.25) is 0 Å². The fourth-order valence-corrected chi connectivity index (χ4v) is 9.89. The standard InChI is InChI=1S/C57H40N8O/c1-3-5-19-58-49(4-2)38-26-36(27-39(30-38)54-59-20-8-21-60-54)35-14-18-50-48(33-35)45-17-16-44-47-32-34(13-15-43(47)51-42-11-6-7-12-46(42)57(66)65(50)53(45)52(44)51)37-28-40(55-61-22-9-23-62-55)31-41(29-37)56-63-24-10-25-64-56/h4,6-33,51H,3,5H2,1-2H3/b49-4+,58-19?. The van der Waals surface area contributed by atoms with Gasteiger partial charge in [-0.15, -0.1) is 0 Å². The number of aliphatic imine (C=N–C) groups is 1. The molecule has 1 aliphatic heterocycles. The Morgan fingerprint density at radius 2 is 1.14 bits per heavy atom. The Bertz CT molecular complexity index is 3580. The van der Waals surface area contributed by atoms with E-state index >= 15 is 4.79 Å². The summed E-state index contributed by atoms with van der Waals surface area (Å²) < 4.78 is 1.97. The van der Waals surface area contributed by atoms with Crippen LogP contribution in [0.2, 0.25) is 0 Å². The molecule has 0 saturated carbocycles. The van der Waals surface area contributed by atoms with Crippen molar-refractivity contribution in [1.82, 2.24) is 34.5 Å². The van der Waals surface area contributed by atoms with E-state index in [1.54, 1.807) is 37.2 Å². The van der Waals surface area contributed by atoms with Crippen LogP contribution in [0.4, 0.5) is 0 Å². The first-order chi connectivity index (χ1) is 32.6. The van der Waals surface area contributed by atoms with E-state index in [-0.39, 0.29) is 11.8 Å². The van der Waals surface area contributed by atoms with E-state index in [2.05, 4.69) is 122 Å². The number of aromatic nitrogens is 7. The van der Waals surface area contributed by atoms with Gasteiger partial charge in [0.1, 0.15) is 0 Å². The second-order valence-corrected chi connectivity index (χ2v) is 16.7. The Morgan fingerprint density at radius 3 is 1.80 bits per heavy atom. The fraction of sp³-hybridized carbons (Fsp3) is 0.0877. The number of nitrogens with zero attached hydrogens (tertiary/aromatic N) is 8. The number of rotatable bonds is 9. The van der Waals surface area contributed by atoms with Crippen molar-refractivity contribution in [3.63, 3.8) is 0 Å². The summed E-state index contributed by atoms with van der Waals surface area (Å²) in [6.07, 6.45) is 16.5. The van der Waals surface area contributed by atoms with Gasteiger partial charge in [0, 0.05) is 87.9 Å². The minimum Gasteiger partial charge on any atom is -0.275 e. The molecule has 6 aromatic carbocycles. The Balaban J connectivity index is 1.05. The molecule has 0 radical (unpaired) electrons. The highest BCUT2D eigenvalue weighted by Gasteiger charge is 2.39. The van der Waals surface area contributed by atoms with E-state index in [0.29, 0.717) is 23.0 Å². The summed E-state index contributed by atoms with van der Waals surface area (Å²) in [6.45, 7) is 4.17. The number of hydrogen-bond donors (Lipinski definition) is 0. The lowest BCUT2D eigenvalue weighted by atomic mass is 9.85. The first-order valence-electron chi connectivity index (χ1n) is 22.3. The minimum atomic E-state index is -0.145. The molecular formula is C57H40N8O. The van der Waals surface area contributed by atoms with E-state index in [4.69, 9.17) is 4.99 Å². The van der Waals surface area contributed by atoms with Crippen molar-refractivity contribution in [3.8, 4) is 67.5 Å². The topological polar surface area (TPSA) is 112 Å². The molecule has 314 valence electrons. The Hall–Kier alpha value is -8.56. The first kappa shape index (κ1) is 39.1. The lowest BCUT2D eigenvalue weighted by molar-refractivity contribution is 0.0969. The second kappa shape index (κ2) is 15.9. The van der Waals surface area contributed by atoms with Gasteiger partial charge in [-0.3, -0.25) is 14.4 Å². The molecule has 9 heteroatoms. The van der Waals surface area contributed by atoms with E-state index in [9.17, 15) is 0 Å². The first-order valence-corrected chi connectivity index (χ1v) is 22.3. The molecule has 4 aromatic heterocycles. The van der Waals surface area contributed by atoms with Crippen molar-refractivity contribution in [2.24, 2.45) is 4.99 Å². The molecule has 5 heterocycles. The quantitative estimate of drug-likeness (QED) is 0.133. The monoisotopic (exact) mass is 852 g/mol. The van der Waals surface area contributed by atoms with Crippen molar-refractivity contribution < 1.29 is 4.79 Å². The van der Waals surface area contributed by atoms with Gasteiger partial charge in [0.15, 0.2) is 17.5 Å². The van der Waals surface area contributed by atoms with Crippen molar-refractivity contribution in [2.75, 3.05) is 0 Å². The molecular weight excluding hydrogens is 813 g/mol. The number of carbonyl (C=O) groups is 1. The molecule has 12 rings (SSSR count). The van der Waals surface area contributed by atoms with Crippen molar-refractivity contribution in [1.29, 1.82) is 0 Å². The number of hydrogen-bond acceptors (Lipinski definition) is 8. The van der Waals surface area contributed by atoms with Gasteiger partial charge in [-0.2, -0.15) is 0 Å². The largest absolute Gasteiger partial charge is 0.275 e. The predicted molar refractivity (Wildman–Crippen MR) is 263 cm³/mol. The molecule has 1 unspecified atom stereocenters. The van der Waals surface area contributed by atoms with Gasteiger partial charge in [-0.05, 0) is 142 Å². The van der Waals surface area contributed by atoms with Gasteiger partial charge in [-0.25, -0.2) is 29.9 Å². The van der Waals surface area contributed by atoms with E-state index in [1.165, 1.54) is 5.56 Å². The van der Waals surface area contributed by atoms with Gasteiger partial charge < -0.3 is 0 Å². The highest BCUT2D eigenvalue weighted by molar-refractivity contribution is 6.21. The van der Waals surface area contributed by atoms with Gasteiger partial charge in [0.05, 0.1) is 16.7 Å². The number of allylic oxidation sites excluding steroid dienone is 1. The second-order valence-electron chi connectivity index (χ2n) is 16.7. The fourth-order valence-electron chi connectivity index (χ4n) is 9.89.